The van der Waals surface area contributed by atoms with Crippen molar-refractivity contribution in [2.45, 2.75) is 20.3 Å². The molecule has 3 N–H and O–H groups in total. The number of nitrogens with two attached hydrogens (primary N) is 1. The predicted molar refractivity (Wildman–Crippen MR) is 72.5 cm³/mol. The van der Waals surface area contributed by atoms with Gasteiger partial charge in [0.05, 0.1) is 0 Å². The third-order valence-corrected chi connectivity index (χ3v) is 2.67. The first kappa shape index (κ1) is 14.5. The van der Waals surface area contributed by atoms with Crippen LogP contribution < -0.4 is 11.1 Å². The number of halogens is 1. The molecule has 1 aromatic rings. The van der Waals surface area contributed by atoms with Crippen LogP contribution in [-0.4, -0.2) is 40.4 Å². The Hall–Kier alpha value is -1.56. The molecule has 1 amide bonds. The van der Waals surface area contributed by atoms with Crippen LogP contribution in [0.25, 0.3) is 0 Å². The molecule has 0 aliphatic rings. The van der Waals surface area contributed by atoms with E-state index in [0.29, 0.717) is 18.8 Å². The molecule has 0 unspecified atom stereocenters. The molecule has 7 heteroatoms. The number of rotatable bonds is 6. The van der Waals surface area contributed by atoms with Crippen molar-refractivity contribution in [3.05, 3.63) is 11.2 Å². The van der Waals surface area contributed by atoms with Crippen LogP contribution in [0.5, 0.6) is 0 Å². The summed E-state index contributed by atoms with van der Waals surface area (Å²) in [5.41, 5.74) is 5.46. The topological polar surface area (TPSA) is 84.1 Å². The Labute approximate surface area is 112 Å². The Morgan fingerprint density at radius 2 is 2.11 bits per heavy atom. The van der Waals surface area contributed by atoms with Crippen LogP contribution >= 0.6 is 11.6 Å². The van der Waals surface area contributed by atoms with Crippen molar-refractivity contribution in [3.8, 4) is 0 Å². The number of nitrogens with one attached hydrogen (secondary N) is 1. The number of nitrogens with zero attached hydrogens (tertiary/aromatic N) is 3. The highest BCUT2D eigenvalue weighted by Crippen LogP contribution is 2.12. The molecule has 0 atom stereocenters. The Balaban J connectivity index is 2.44. The van der Waals surface area contributed by atoms with Gasteiger partial charge in [-0.2, -0.15) is 4.98 Å². The van der Waals surface area contributed by atoms with Crippen LogP contribution in [0.2, 0.25) is 5.15 Å². The molecule has 0 fully saturated rings. The lowest BCUT2D eigenvalue weighted by molar-refractivity contribution is -0.130. The molecule has 0 saturated carbocycles. The van der Waals surface area contributed by atoms with E-state index >= 15 is 0 Å². The normalized spacial score (nSPS) is 10.2. The molecule has 0 aliphatic carbocycles. The molecule has 18 heavy (non-hydrogen) atoms. The van der Waals surface area contributed by atoms with Gasteiger partial charge in [-0.3, -0.25) is 4.79 Å². The molecule has 0 spiro atoms. The van der Waals surface area contributed by atoms with E-state index in [4.69, 9.17) is 17.3 Å². The molecule has 1 heterocycles. The van der Waals surface area contributed by atoms with Crippen molar-refractivity contribution in [3.63, 3.8) is 0 Å². The zero-order valence-corrected chi connectivity index (χ0v) is 11.4. The maximum absolute atomic E-state index is 11.7. The minimum absolute atomic E-state index is 0.111. The monoisotopic (exact) mass is 271 g/mol. The van der Waals surface area contributed by atoms with Crippen LogP contribution in [0.3, 0.4) is 0 Å². The largest absolute Gasteiger partial charge is 0.369 e. The number of carbonyl (C=O) groups excluding carboxylic acids is 1. The van der Waals surface area contributed by atoms with Gasteiger partial charge >= 0.3 is 0 Å². The third kappa shape index (κ3) is 4.37. The van der Waals surface area contributed by atoms with Crippen molar-refractivity contribution in [2.75, 3.05) is 30.7 Å². The molecule has 1 rings (SSSR count). The fraction of sp³-hybridized carbons (Fsp3) is 0.545. The third-order valence-electron chi connectivity index (χ3n) is 2.47. The molecule has 0 bridgehead atoms. The van der Waals surface area contributed by atoms with Crippen molar-refractivity contribution in [1.29, 1.82) is 0 Å². The van der Waals surface area contributed by atoms with Crippen molar-refractivity contribution < 1.29 is 4.79 Å². The van der Waals surface area contributed by atoms with Crippen LogP contribution in [-0.2, 0) is 4.79 Å². The first-order chi connectivity index (χ1) is 8.56. The van der Waals surface area contributed by atoms with Gasteiger partial charge in [0.1, 0.15) is 11.0 Å². The van der Waals surface area contributed by atoms with Crippen molar-refractivity contribution >= 4 is 29.3 Å². The minimum Gasteiger partial charge on any atom is -0.369 e. The van der Waals surface area contributed by atoms with E-state index in [0.717, 1.165) is 13.1 Å². The Morgan fingerprint density at radius 3 is 2.67 bits per heavy atom. The average molecular weight is 272 g/mol. The van der Waals surface area contributed by atoms with Crippen LogP contribution in [0.15, 0.2) is 6.07 Å². The second-order valence-corrected chi connectivity index (χ2v) is 4.06. The molecule has 6 nitrogen and oxygen atoms in total. The van der Waals surface area contributed by atoms with Crippen LogP contribution in [0.4, 0.5) is 11.8 Å². The van der Waals surface area contributed by atoms with Crippen molar-refractivity contribution in [2.24, 2.45) is 0 Å². The second-order valence-electron chi connectivity index (χ2n) is 3.68. The van der Waals surface area contributed by atoms with E-state index in [1.54, 1.807) is 11.0 Å². The fourth-order valence-electron chi connectivity index (χ4n) is 1.56. The van der Waals surface area contributed by atoms with Gasteiger partial charge in [0.2, 0.25) is 11.9 Å². The zero-order valence-electron chi connectivity index (χ0n) is 10.6. The second kappa shape index (κ2) is 7.00. The lowest BCUT2D eigenvalue weighted by Crippen LogP contribution is -2.31. The first-order valence-corrected chi connectivity index (χ1v) is 6.26. The summed E-state index contributed by atoms with van der Waals surface area (Å²) in [5.74, 6) is 0.751. The summed E-state index contributed by atoms with van der Waals surface area (Å²) >= 11 is 5.74. The molecule has 0 aliphatic heterocycles. The number of aromatic nitrogens is 2. The summed E-state index contributed by atoms with van der Waals surface area (Å²) < 4.78 is 0. The summed E-state index contributed by atoms with van der Waals surface area (Å²) in [5, 5.41) is 3.28. The van der Waals surface area contributed by atoms with E-state index in [1.807, 2.05) is 13.8 Å². The first-order valence-electron chi connectivity index (χ1n) is 5.88. The van der Waals surface area contributed by atoms with E-state index in [1.165, 1.54) is 0 Å². The summed E-state index contributed by atoms with van der Waals surface area (Å²) in [6, 6.07) is 1.57. The minimum atomic E-state index is 0.111. The summed E-state index contributed by atoms with van der Waals surface area (Å²) in [6.07, 6.45) is 0.406. The maximum Gasteiger partial charge on any atom is 0.224 e. The average Bonchev–Trinajstić information content (AvgIpc) is 2.29. The summed E-state index contributed by atoms with van der Waals surface area (Å²) in [6.45, 7) is 5.85. The number of nitrogen functional groups attached to an aromatic ring is 1. The number of carbonyl (C=O) groups is 1. The van der Waals surface area contributed by atoms with Gasteiger partial charge in [0.25, 0.3) is 0 Å². The number of anilines is 2. The summed E-state index contributed by atoms with van der Waals surface area (Å²) in [7, 11) is 0. The highest BCUT2D eigenvalue weighted by atomic mass is 35.5. The molecule has 0 aromatic carbocycles. The van der Waals surface area contributed by atoms with Gasteiger partial charge in [-0.05, 0) is 13.8 Å². The standard InChI is InChI=1S/C11H18ClN5O/c1-3-17(4-2)10(18)5-6-14-9-7-8(12)15-11(13)16-9/h7H,3-6H2,1-2H3,(H3,13,14,15,16). The lowest BCUT2D eigenvalue weighted by atomic mass is 10.3. The molecular formula is C11H18ClN5O. The van der Waals surface area contributed by atoms with Gasteiger partial charge < -0.3 is 16.0 Å². The number of amides is 1. The van der Waals surface area contributed by atoms with Gasteiger partial charge in [-0.25, -0.2) is 4.98 Å². The summed E-state index contributed by atoms with van der Waals surface area (Å²) in [4.78, 5) is 21.2. The highest BCUT2D eigenvalue weighted by molar-refractivity contribution is 6.29. The Kier molecular flexibility index (Phi) is 5.64. The zero-order chi connectivity index (χ0) is 13.5. The van der Waals surface area contributed by atoms with Crippen LogP contribution in [0, 0.1) is 0 Å². The van der Waals surface area contributed by atoms with Gasteiger partial charge in [0.15, 0.2) is 0 Å². The number of hydrogen-bond acceptors (Lipinski definition) is 5. The fourth-order valence-corrected chi connectivity index (χ4v) is 1.75. The van der Waals surface area contributed by atoms with Gasteiger partial charge in [-0.15, -0.1) is 0 Å². The highest BCUT2D eigenvalue weighted by Gasteiger charge is 2.08. The lowest BCUT2D eigenvalue weighted by Gasteiger charge is -2.18. The van der Waals surface area contributed by atoms with Crippen molar-refractivity contribution in [1.82, 2.24) is 14.9 Å². The Bertz CT molecular complexity index is 388. The van der Waals surface area contributed by atoms with E-state index < -0.39 is 0 Å². The van der Waals surface area contributed by atoms with E-state index in [9.17, 15) is 4.79 Å². The molecule has 0 saturated heterocycles. The molecular weight excluding hydrogens is 254 g/mol. The number of hydrogen-bond donors (Lipinski definition) is 2. The van der Waals surface area contributed by atoms with Gasteiger partial charge in [-0.1, -0.05) is 11.6 Å². The Morgan fingerprint density at radius 1 is 1.44 bits per heavy atom. The van der Waals surface area contributed by atoms with Gasteiger partial charge in [0, 0.05) is 32.1 Å². The molecule has 1 aromatic heterocycles. The molecule has 0 radical (unpaired) electrons. The SMILES string of the molecule is CCN(CC)C(=O)CCNc1cc(Cl)nc(N)n1. The molecule has 100 valence electrons. The van der Waals surface area contributed by atoms with E-state index in [-0.39, 0.29) is 17.0 Å². The predicted octanol–water partition coefficient (Wildman–Crippen LogP) is 1.38. The van der Waals surface area contributed by atoms with Crippen LogP contribution in [0.1, 0.15) is 20.3 Å². The maximum atomic E-state index is 11.7. The quantitative estimate of drug-likeness (QED) is 0.764. The van der Waals surface area contributed by atoms with E-state index in [2.05, 4.69) is 15.3 Å². The smallest absolute Gasteiger partial charge is 0.224 e.